The Bertz CT molecular complexity index is 5360. The molecule has 0 fully saturated rings. The van der Waals surface area contributed by atoms with Crippen molar-refractivity contribution < 1.29 is 61.3 Å². The summed E-state index contributed by atoms with van der Waals surface area (Å²) in [6.07, 6.45) is 5.05. The lowest BCUT2D eigenvalue weighted by atomic mass is 9.98. The van der Waals surface area contributed by atoms with Crippen molar-refractivity contribution in [1.29, 1.82) is 0 Å². The number of fused-ring (bicyclic) bond motifs is 3. The van der Waals surface area contributed by atoms with Crippen molar-refractivity contribution in [3.05, 3.63) is 286 Å². The van der Waals surface area contributed by atoms with Gasteiger partial charge in [-0.1, -0.05) is 64.6 Å². The molecule has 6 aromatic heterocycles. The quantitative estimate of drug-likeness (QED) is 0.0413. The number of nitrogens with two attached hydrogens (primary N) is 1. The van der Waals surface area contributed by atoms with Gasteiger partial charge in [-0.05, 0) is 147 Å². The van der Waals surface area contributed by atoms with E-state index >= 15 is 0 Å². The van der Waals surface area contributed by atoms with Gasteiger partial charge in [-0.15, -0.1) is 0 Å². The van der Waals surface area contributed by atoms with Crippen LogP contribution < -0.4 is 41.2 Å². The fourth-order valence-corrected chi connectivity index (χ4v) is 13.5. The molecule has 23 nitrogen and oxygen atoms in total. The second kappa shape index (κ2) is 36.5. The number of aromatic nitrogens is 6. The highest BCUT2D eigenvalue weighted by Gasteiger charge is 2.36. The molecule has 0 saturated heterocycles. The maximum Gasteiger partial charge on any atom is 0.257 e. The van der Waals surface area contributed by atoms with Crippen molar-refractivity contribution in [3.8, 4) is 56.8 Å². The third-order valence-electron chi connectivity index (χ3n) is 17.9. The highest BCUT2D eigenvalue weighted by Crippen LogP contribution is 2.40. The fraction of sp³-hybridized carbons (Fsp3) is 0.195. The Kier molecular flexibility index (Phi) is 26.3. The van der Waals surface area contributed by atoms with Crippen molar-refractivity contribution >= 4 is 87.7 Å². The number of amides is 6. The van der Waals surface area contributed by atoms with E-state index in [2.05, 4.69) is 46.2 Å². The molecule has 112 heavy (non-hydrogen) atoms. The minimum atomic E-state index is -0.523. The SMILES string of the molecule is CCNC(=O)c1ccc(Cc2cc(-c3c(F)cccc3Cl)nc3c2C(=O)N(Cc2ccc(OC)cc2OC)C3)nc1.CCNC(=O)c1ccc(Cc2cc(-c3c(F)cccc3Cl)nc3c2C(=O)NC3)nc1.CCNC(=O)c1ccc(N)nc1.COc1ccc(CN2Cc3nc(-c4c(F)cccc4Cl)cc(Cl)c3C2=O)c(O)c1. The van der Waals surface area contributed by atoms with Crippen LogP contribution in [-0.2, 0) is 45.6 Å². The molecule has 14 rings (SSSR count). The maximum absolute atomic E-state index is 14.9. The van der Waals surface area contributed by atoms with Gasteiger partial charge in [-0.25, -0.2) is 33.1 Å². The molecule has 0 bridgehead atoms. The highest BCUT2D eigenvalue weighted by molar-refractivity contribution is 6.35. The van der Waals surface area contributed by atoms with Crippen LogP contribution in [0.5, 0.6) is 23.0 Å². The van der Waals surface area contributed by atoms with Crippen LogP contribution in [0.4, 0.5) is 19.0 Å². The summed E-state index contributed by atoms with van der Waals surface area (Å²) in [7, 11) is 4.64. The lowest BCUT2D eigenvalue weighted by Crippen LogP contribution is -2.24. The molecular formula is C82H72Cl4F3N13O10. The van der Waals surface area contributed by atoms with Gasteiger partial charge in [0, 0.05) is 85.7 Å². The van der Waals surface area contributed by atoms with E-state index in [4.69, 9.17) is 71.3 Å². The number of nitrogens with zero attached hydrogens (tertiary/aromatic N) is 8. The van der Waals surface area contributed by atoms with Crippen LogP contribution >= 0.6 is 46.4 Å². The van der Waals surface area contributed by atoms with E-state index in [1.54, 1.807) is 104 Å². The molecule has 5 aromatic carbocycles. The number of phenolic OH excluding ortho intramolecular Hbond substituents is 1. The number of benzene rings is 5. The molecule has 9 heterocycles. The molecule has 0 unspecified atom stereocenters. The molecule has 3 aliphatic heterocycles. The van der Waals surface area contributed by atoms with Gasteiger partial charge >= 0.3 is 0 Å². The molecule has 0 spiro atoms. The Morgan fingerprint density at radius 3 is 1.35 bits per heavy atom. The number of carbonyl (C=O) groups is 6. The lowest BCUT2D eigenvalue weighted by Gasteiger charge is -2.18. The van der Waals surface area contributed by atoms with Crippen LogP contribution in [0.15, 0.2) is 164 Å². The minimum Gasteiger partial charge on any atom is -0.507 e. The number of hydrogen-bond acceptors (Lipinski definition) is 17. The lowest BCUT2D eigenvalue weighted by molar-refractivity contribution is 0.0757. The maximum atomic E-state index is 14.9. The topological polar surface area (TPSA) is 308 Å². The van der Waals surface area contributed by atoms with Gasteiger partial charge < -0.3 is 56.1 Å². The smallest absolute Gasteiger partial charge is 0.257 e. The summed E-state index contributed by atoms with van der Waals surface area (Å²) in [5.41, 5.74) is 14.9. The number of methoxy groups -OCH3 is 3. The predicted molar refractivity (Wildman–Crippen MR) is 418 cm³/mol. The van der Waals surface area contributed by atoms with Gasteiger partial charge in [0.05, 0.1) is 158 Å². The number of hydrogen-bond donors (Lipinski definition) is 6. The molecule has 0 saturated carbocycles. The van der Waals surface area contributed by atoms with Crippen molar-refractivity contribution in [2.45, 2.75) is 66.3 Å². The van der Waals surface area contributed by atoms with Gasteiger partial charge in [0.1, 0.15) is 46.3 Å². The molecule has 0 aliphatic carbocycles. The standard InChI is InChI=1S/C31H28ClFN4O4.C22H18ClFN4O2.C21H15Cl2FN2O3.C8H11N3O/c1-4-34-30(38)18-8-10-21(35-15-18)12-20-13-25(29-23(32)6-5-7-24(29)33)36-26-17-37(31(39)28(20)26)16-19-9-11-22(40-2)14-27(19)41-3;1-2-25-21(29)12-6-7-14(26-10-12)8-13-9-17(20-15(23)4-3-5-16(20)24)28-18-11-27-22(30)19(13)18;1-29-12-6-5-11(18(27)7-12)9-26-10-17-20(21(26)28)14(23)8-16(25-17)19-13(22)3-2-4-15(19)24;1-2-10-8(12)6-3-4-7(9)11-5-6/h5-11,13-15H,4,12,16-17H2,1-3H3,(H,34,38);3-7,9-10H,2,8,11H2,1H3,(H,25,29)(H,27,30);2-8,27H,9-10H2,1H3;3-5H,2H2,1H3,(H2,9,11)(H,10,12). The molecule has 7 N–H and O–H groups in total. The largest absolute Gasteiger partial charge is 0.507 e. The Hall–Kier alpha value is -12.2. The minimum absolute atomic E-state index is 0.0194. The average Bonchev–Trinajstić information content (AvgIpc) is 1.59. The molecule has 0 atom stereocenters. The van der Waals surface area contributed by atoms with Crippen LogP contribution in [-0.4, -0.2) is 121 Å². The monoisotopic (exact) mass is 1600 g/mol. The van der Waals surface area contributed by atoms with Crippen LogP contribution in [0.1, 0.15) is 134 Å². The van der Waals surface area contributed by atoms with Gasteiger partial charge in [-0.2, -0.15) is 0 Å². The van der Waals surface area contributed by atoms with E-state index in [1.807, 2.05) is 32.9 Å². The number of rotatable bonds is 20. The van der Waals surface area contributed by atoms with E-state index in [0.717, 1.165) is 5.56 Å². The van der Waals surface area contributed by atoms with E-state index < -0.39 is 17.5 Å². The first-order valence-electron chi connectivity index (χ1n) is 34.9. The van der Waals surface area contributed by atoms with Crippen LogP contribution in [0, 0.1) is 17.5 Å². The van der Waals surface area contributed by atoms with E-state index in [9.17, 15) is 47.0 Å². The number of halogens is 7. The number of nitrogens with one attached hydrogen (secondary N) is 4. The predicted octanol–water partition coefficient (Wildman–Crippen LogP) is 14.4. The molecule has 574 valence electrons. The Morgan fingerprint density at radius 1 is 0.482 bits per heavy atom. The normalized spacial score (nSPS) is 12.2. The first-order chi connectivity index (χ1) is 53.9. The summed E-state index contributed by atoms with van der Waals surface area (Å²) in [5.74, 6) is -0.596. The molecule has 11 aromatic rings. The van der Waals surface area contributed by atoms with Crippen molar-refractivity contribution in [3.63, 3.8) is 0 Å². The first kappa shape index (κ1) is 80.8. The zero-order valence-electron chi connectivity index (χ0n) is 61.1. The summed E-state index contributed by atoms with van der Waals surface area (Å²) in [4.78, 5) is 104. The summed E-state index contributed by atoms with van der Waals surface area (Å²) >= 11 is 25.1. The Labute approximate surface area is 661 Å². The van der Waals surface area contributed by atoms with Gasteiger partial charge in [0.25, 0.3) is 35.4 Å². The highest BCUT2D eigenvalue weighted by atomic mass is 35.5. The van der Waals surface area contributed by atoms with Gasteiger partial charge in [0.2, 0.25) is 0 Å². The zero-order chi connectivity index (χ0) is 80.0. The second-order valence-electron chi connectivity index (χ2n) is 25.2. The third-order valence-corrected chi connectivity index (χ3v) is 19.1. The number of anilines is 1. The van der Waals surface area contributed by atoms with Crippen LogP contribution in [0.3, 0.4) is 0 Å². The molecule has 3 aliphatic rings. The average molecular weight is 1600 g/mol. The number of aromatic hydroxyl groups is 1. The summed E-state index contributed by atoms with van der Waals surface area (Å²) in [6, 6.07) is 38.5. The van der Waals surface area contributed by atoms with Crippen molar-refractivity contribution in [1.82, 2.24) is 61.0 Å². The molecule has 0 radical (unpaired) electrons. The number of carbonyl (C=O) groups excluding carboxylic acids is 6. The number of ether oxygens (including phenoxy) is 3. The van der Waals surface area contributed by atoms with Crippen molar-refractivity contribution in [2.24, 2.45) is 0 Å². The second-order valence-corrected chi connectivity index (χ2v) is 26.9. The number of phenols is 1. The van der Waals surface area contributed by atoms with Gasteiger partial charge in [0.15, 0.2) is 0 Å². The summed E-state index contributed by atoms with van der Waals surface area (Å²) < 4.78 is 59.6. The molecule has 6 amide bonds. The zero-order valence-corrected chi connectivity index (χ0v) is 64.1. The first-order valence-corrected chi connectivity index (χ1v) is 36.4. The Balaban J connectivity index is 0.000000157. The number of nitrogen functional groups attached to an aromatic ring is 1. The van der Waals surface area contributed by atoms with Crippen molar-refractivity contribution in [2.75, 3.05) is 46.7 Å². The fourth-order valence-electron chi connectivity index (χ4n) is 12.5. The van der Waals surface area contributed by atoms with Gasteiger partial charge in [-0.3, -0.25) is 38.7 Å². The summed E-state index contributed by atoms with van der Waals surface area (Å²) in [6.45, 7) is 8.30. The molecular weight excluding hydrogens is 1530 g/mol. The third kappa shape index (κ3) is 18.6. The van der Waals surface area contributed by atoms with E-state index in [-0.39, 0.29) is 128 Å². The molecule has 30 heteroatoms. The number of pyridine rings is 6. The Morgan fingerprint density at radius 2 is 0.911 bits per heavy atom. The van der Waals surface area contributed by atoms with E-state index in [0.29, 0.717) is 133 Å². The van der Waals surface area contributed by atoms with Crippen LogP contribution in [0.25, 0.3) is 33.8 Å². The van der Waals surface area contributed by atoms with E-state index in [1.165, 1.54) is 79.1 Å². The van der Waals surface area contributed by atoms with Crippen LogP contribution in [0.2, 0.25) is 20.1 Å². The summed E-state index contributed by atoms with van der Waals surface area (Å²) in [5, 5.41) is 21.9.